The number of thiazole rings is 1. The Kier molecular flexibility index (Phi) is 8.16. The molecule has 1 saturated carbocycles. The van der Waals surface area contributed by atoms with E-state index >= 15 is 0 Å². The fraction of sp³-hybridized carbons (Fsp3) is 0.500. The highest BCUT2D eigenvalue weighted by atomic mass is 35.5. The molecule has 0 bridgehead atoms. The Hall–Kier alpha value is -3.19. The molecule has 2 fully saturated rings. The van der Waals surface area contributed by atoms with E-state index < -0.39 is 0 Å². The third-order valence-electron chi connectivity index (χ3n) is 7.95. The topological polar surface area (TPSA) is 129 Å². The third-order valence-corrected chi connectivity index (χ3v) is 9.27. The van der Waals surface area contributed by atoms with Crippen LogP contribution in [0.4, 0.5) is 4.79 Å². The SMILES string of the molecule is CN1CCc2nc(C(=O)N[C@@H]3CC(COC(=O)N4CCOCC4)C[C@H]3NC(=O)c3cc4cc(Cl)ccc4[nH]3)sc2C1. The molecule has 1 aliphatic carbocycles. The monoisotopic (exact) mass is 600 g/mol. The fourth-order valence-corrected chi connectivity index (χ4v) is 7.02. The Labute approximate surface area is 246 Å². The Bertz CT molecular complexity index is 1450. The van der Waals surface area contributed by atoms with Crippen LogP contribution in [-0.2, 0) is 22.4 Å². The van der Waals surface area contributed by atoms with Crippen molar-refractivity contribution in [1.29, 1.82) is 0 Å². The van der Waals surface area contributed by atoms with Crippen LogP contribution in [0, 0.1) is 5.92 Å². The molecule has 3 atom stereocenters. The van der Waals surface area contributed by atoms with Crippen LogP contribution in [0.5, 0.6) is 0 Å². The molecule has 1 unspecified atom stereocenters. The van der Waals surface area contributed by atoms with Gasteiger partial charge in [0.25, 0.3) is 11.8 Å². The second-order valence-electron chi connectivity index (χ2n) is 11.0. The van der Waals surface area contributed by atoms with Gasteiger partial charge < -0.3 is 34.9 Å². The third kappa shape index (κ3) is 6.35. The highest BCUT2D eigenvalue weighted by Crippen LogP contribution is 2.29. The predicted octanol–water partition coefficient (Wildman–Crippen LogP) is 3.04. The first-order valence-corrected chi connectivity index (χ1v) is 15.1. The minimum atomic E-state index is -0.364. The number of ether oxygens (including phenoxy) is 2. The van der Waals surface area contributed by atoms with Crippen LogP contribution >= 0.6 is 22.9 Å². The first-order valence-electron chi connectivity index (χ1n) is 13.9. The van der Waals surface area contributed by atoms with Crippen LogP contribution in [0.15, 0.2) is 24.3 Å². The van der Waals surface area contributed by atoms with Crippen molar-refractivity contribution in [3.8, 4) is 0 Å². The van der Waals surface area contributed by atoms with E-state index in [0.717, 1.165) is 41.0 Å². The van der Waals surface area contributed by atoms with E-state index in [2.05, 4.69) is 32.5 Å². The van der Waals surface area contributed by atoms with Gasteiger partial charge in [0, 0.05) is 65.5 Å². The maximum absolute atomic E-state index is 13.3. The largest absolute Gasteiger partial charge is 0.449 e. The molecule has 2 aliphatic heterocycles. The predicted molar refractivity (Wildman–Crippen MR) is 154 cm³/mol. The van der Waals surface area contributed by atoms with Crippen LogP contribution in [0.25, 0.3) is 10.9 Å². The lowest BCUT2D eigenvalue weighted by atomic mass is 10.1. The lowest BCUT2D eigenvalue weighted by Gasteiger charge is -2.26. The molecule has 218 valence electrons. The van der Waals surface area contributed by atoms with Crippen molar-refractivity contribution in [2.75, 3.05) is 46.5 Å². The van der Waals surface area contributed by atoms with Crippen LogP contribution in [0.3, 0.4) is 0 Å². The van der Waals surface area contributed by atoms with Crippen molar-refractivity contribution in [3.63, 3.8) is 0 Å². The number of halogens is 1. The molecule has 3 aromatic rings. The Morgan fingerprint density at radius 2 is 1.88 bits per heavy atom. The number of hydrogen-bond donors (Lipinski definition) is 3. The van der Waals surface area contributed by atoms with Crippen molar-refractivity contribution < 1.29 is 23.9 Å². The zero-order valence-electron chi connectivity index (χ0n) is 22.8. The molecular weight excluding hydrogens is 568 g/mol. The molecular formula is C28H33ClN6O5S. The maximum Gasteiger partial charge on any atom is 0.409 e. The van der Waals surface area contributed by atoms with Gasteiger partial charge >= 0.3 is 6.09 Å². The van der Waals surface area contributed by atoms with Crippen LogP contribution in [0.2, 0.25) is 5.02 Å². The Morgan fingerprint density at radius 3 is 2.66 bits per heavy atom. The number of likely N-dealkylation sites (N-methyl/N-ethyl adjacent to an activating group) is 1. The van der Waals surface area contributed by atoms with E-state index in [1.165, 1.54) is 11.3 Å². The summed E-state index contributed by atoms with van der Waals surface area (Å²) in [7, 11) is 2.06. The molecule has 1 aromatic carbocycles. The quantitative estimate of drug-likeness (QED) is 0.397. The Balaban J connectivity index is 1.14. The van der Waals surface area contributed by atoms with E-state index in [9.17, 15) is 14.4 Å². The summed E-state index contributed by atoms with van der Waals surface area (Å²) in [5, 5.41) is 8.09. The van der Waals surface area contributed by atoms with Crippen molar-refractivity contribution >= 4 is 51.7 Å². The van der Waals surface area contributed by atoms with E-state index in [0.29, 0.717) is 54.9 Å². The highest BCUT2D eigenvalue weighted by molar-refractivity contribution is 7.13. The number of nitrogens with zero attached hydrogens (tertiary/aromatic N) is 3. The van der Waals surface area contributed by atoms with Gasteiger partial charge in [-0.3, -0.25) is 9.59 Å². The molecule has 3 amide bonds. The number of aromatic amines is 1. The van der Waals surface area contributed by atoms with Crippen LogP contribution < -0.4 is 10.6 Å². The summed E-state index contributed by atoms with van der Waals surface area (Å²) in [5.74, 6) is -0.557. The van der Waals surface area contributed by atoms with Crippen molar-refractivity contribution in [1.82, 2.24) is 30.4 Å². The normalized spacial score (nSPS) is 22.9. The summed E-state index contributed by atoms with van der Waals surface area (Å²) in [6.45, 7) is 3.91. The van der Waals surface area contributed by atoms with Crippen LogP contribution in [0.1, 0.15) is 43.7 Å². The van der Waals surface area contributed by atoms with E-state index in [-0.39, 0.29) is 42.5 Å². The number of nitrogens with one attached hydrogen (secondary N) is 3. The molecule has 6 rings (SSSR count). The summed E-state index contributed by atoms with van der Waals surface area (Å²) in [6, 6.07) is 6.46. The van der Waals surface area contributed by atoms with Gasteiger partial charge in [-0.05, 0) is 50.1 Å². The number of rotatable bonds is 6. The standard InChI is InChI=1S/C28H33ClN6O5S/c1-34-5-4-20-24(14-34)41-27(33-20)26(37)32-22-11-16(15-40-28(38)35-6-8-39-9-7-35)10-21(22)31-25(36)23-13-17-12-18(29)2-3-19(17)30-23/h2-3,12-13,16,21-22,30H,4-11,14-15H2,1H3,(H,31,36)(H,32,37)/t16?,21-,22-/m1/s1. The number of carbonyl (C=O) groups excluding carboxylic acids is 3. The summed E-state index contributed by atoms with van der Waals surface area (Å²) < 4.78 is 10.9. The number of morpholine rings is 1. The lowest BCUT2D eigenvalue weighted by molar-refractivity contribution is 0.0229. The molecule has 0 radical (unpaired) electrons. The maximum atomic E-state index is 13.3. The summed E-state index contributed by atoms with van der Waals surface area (Å²) in [5.41, 5.74) is 2.20. The molecule has 11 nitrogen and oxygen atoms in total. The first kappa shape index (κ1) is 28.0. The number of H-pyrrole nitrogens is 1. The number of fused-ring (bicyclic) bond motifs is 2. The van der Waals surface area contributed by atoms with Gasteiger partial charge in [0.1, 0.15) is 5.69 Å². The zero-order valence-corrected chi connectivity index (χ0v) is 24.4. The number of hydrogen-bond acceptors (Lipinski definition) is 8. The van der Waals surface area contributed by atoms with Gasteiger partial charge in [-0.15, -0.1) is 11.3 Å². The van der Waals surface area contributed by atoms with Crippen LogP contribution in [-0.4, -0.2) is 96.3 Å². The van der Waals surface area contributed by atoms with Gasteiger partial charge in [-0.2, -0.15) is 0 Å². The molecule has 3 N–H and O–H groups in total. The van der Waals surface area contributed by atoms with E-state index in [1.807, 2.05) is 6.07 Å². The first-order chi connectivity index (χ1) is 19.8. The van der Waals surface area contributed by atoms with Gasteiger partial charge in [-0.1, -0.05) is 11.6 Å². The average Bonchev–Trinajstić information content (AvgIpc) is 3.68. The lowest BCUT2D eigenvalue weighted by Crippen LogP contribution is -2.48. The van der Waals surface area contributed by atoms with E-state index in [4.69, 9.17) is 21.1 Å². The number of aromatic nitrogens is 2. The van der Waals surface area contributed by atoms with Crippen molar-refractivity contribution in [3.05, 3.63) is 50.6 Å². The number of benzene rings is 1. The molecule has 0 spiro atoms. The second kappa shape index (κ2) is 12.0. The highest BCUT2D eigenvalue weighted by Gasteiger charge is 2.38. The van der Waals surface area contributed by atoms with Gasteiger partial charge in [0.15, 0.2) is 5.01 Å². The van der Waals surface area contributed by atoms with E-state index in [1.54, 1.807) is 23.1 Å². The summed E-state index contributed by atoms with van der Waals surface area (Å²) in [4.78, 5) is 51.9. The Morgan fingerprint density at radius 1 is 1.12 bits per heavy atom. The summed E-state index contributed by atoms with van der Waals surface area (Å²) >= 11 is 7.54. The molecule has 13 heteroatoms. The molecule has 3 aliphatic rings. The van der Waals surface area contributed by atoms with Gasteiger partial charge in [0.2, 0.25) is 0 Å². The number of carbonyl (C=O) groups is 3. The fourth-order valence-electron chi connectivity index (χ4n) is 5.75. The molecule has 1 saturated heterocycles. The van der Waals surface area contributed by atoms with Gasteiger partial charge in [-0.25, -0.2) is 9.78 Å². The van der Waals surface area contributed by atoms with Crippen molar-refractivity contribution in [2.24, 2.45) is 5.92 Å². The zero-order chi connectivity index (χ0) is 28.5. The number of amides is 3. The van der Waals surface area contributed by atoms with Crippen molar-refractivity contribution in [2.45, 2.75) is 37.9 Å². The minimum Gasteiger partial charge on any atom is -0.449 e. The van der Waals surface area contributed by atoms with Gasteiger partial charge in [0.05, 0.1) is 25.5 Å². The minimum absolute atomic E-state index is 0.0322. The molecule has 2 aromatic heterocycles. The molecule has 41 heavy (non-hydrogen) atoms. The average molecular weight is 601 g/mol. The smallest absolute Gasteiger partial charge is 0.409 e. The summed E-state index contributed by atoms with van der Waals surface area (Å²) in [6.07, 6.45) is 1.57. The molecule has 4 heterocycles. The second-order valence-corrected chi connectivity index (χ2v) is 12.5.